The molecule has 0 aromatic carbocycles. The summed E-state index contributed by atoms with van der Waals surface area (Å²) >= 11 is 0. The first-order valence-corrected chi connectivity index (χ1v) is 9.68. The van der Waals surface area contributed by atoms with Gasteiger partial charge in [0.2, 0.25) is 0 Å². The highest BCUT2D eigenvalue weighted by Crippen LogP contribution is 1.99. The molecule has 0 amide bonds. The Labute approximate surface area is 138 Å². The van der Waals surface area contributed by atoms with Crippen molar-refractivity contribution in [3.8, 4) is 0 Å². The third kappa shape index (κ3) is 12.8. The lowest BCUT2D eigenvalue weighted by Crippen LogP contribution is -2.27. The number of carbonyl (C=O) groups is 2. The number of esters is 2. The first-order chi connectivity index (χ1) is 10.7. The molecule has 0 spiro atoms. The van der Waals surface area contributed by atoms with E-state index in [4.69, 9.17) is 9.47 Å². The summed E-state index contributed by atoms with van der Waals surface area (Å²) in [4.78, 5) is 24.7. The molecule has 132 valence electrons. The zero-order valence-electron chi connectivity index (χ0n) is 14.2. The molecule has 0 rings (SSSR count). The van der Waals surface area contributed by atoms with Crippen LogP contribution in [0.15, 0.2) is 12.2 Å². The molecule has 0 saturated heterocycles. The molecule has 23 heavy (non-hydrogen) atoms. The number of hydrogen-bond donors (Lipinski definition) is 1. The Bertz CT molecular complexity index is 426. The summed E-state index contributed by atoms with van der Waals surface area (Å²) in [7, 11) is 0.448. The highest BCUT2D eigenvalue weighted by molar-refractivity contribution is 6.40. The van der Waals surface area contributed by atoms with E-state index in [0.29, 0.717) is 12.6 Å². The summed E-state index contributed by atoms with van der Waals surface area (Å²) in [6, 6.07) is 0.717. The molecule has 0 radical (unpaired) electrons. The highest BCUT2D eigenvalue weighted by atomic mass is 28.3. The number of carbonyl (C=O) groups excluding carboxylic acids is 2. The van der Waals surface area contributed by atoms with Gasteiger partial charge in [0, 0.05) is 12.1 Å². The predicted octanol–water partition coefficient (Wildman–Crippen LogP) is 0.774. The number of ether oxygens (including phenoxy) is 2. The van der Waals surface area contributed by atoms with Crippen LogP contribution in [0.1, 0.15) is 19.8 Å². The maximum Gasteiger partial charge on any atom is 0.333 e. The number of rotatable bonds is 12. The van der Waals surface area contributed by atoms with E-state index >= 15 is 0 Å². The smallest absolute Gasteiger partial charge is 0.333 e. The Kier molecular flexibility index (Phi) is 11.4. The van der Waals surface area contributed by atoms with Crippen LogP contribution in [-0.4, -0.2) is 70.1 Å². The van der Waals surface area contributed by atoms with Gasteiger partial charge in [0.1, 0.15) is 19.3 Å². The van der Waals surface area contributed by atoms with Gasteiger partial charge >= 0.3 is 11.9 Å². The van der Waals surface area contributed by atoms with Crippen LogP contribution in [0.3, 0.4) is 0 Å². The molecular formula is C15H27NO6Si. The van der Waals surface area contributed by atoms with Gasteiger partial charge in [0.25, 0.3) is 8.68 Å². The van der Waals surface area contributed by atoms with Crippen LogP contribution in [0.2, 0.25) is 12.6 Å². The minimum absolute atomic E-state index is 0.204. The van der Waals surface area contributed by atoms with Crippen LogP contribution < -0.4 is 0 Å². The molecule has 0 bridgehead atoms. The second-order valence-corrected chi connectivity index (χ2v) is 7.48. The first-order valence-electron chi connectivity index (χ1n) is 7.56. The molecule has 0 aliphatic carbocycles. The normalized spacial score (nSPS) is 11.9. The summed E-state index contributed by atoms with van der Waals surface area (Å²) in [6.45, 7) is 7.51. The van der Waals surface area contributed by atoms with Crippen molar-refractivity contribution in [2.45, 2.75) is 38.5 Å². The minimum Gasteiger partial charge on any atom is -0.463 e. The minimum atomic E-state index is -1.43. The largest absolute Gasteiger partial charge is 0.463 e. The molecule has 0 aromatic rings. The molecular weight excluding hydrogens is 318 g/mol. The van der Waals surface area contributed by atoms with Crippen molar-refractivity contribution in [3.63, 3.8) is 0 Å². The van der Waals surface area contributed by atoms with Crippen molar-refractivity contribution in [3.05, 3.63) is 12.2 Å². The number of nitrogens with zero attached hydrogens (tertiary/aromatic N) is 1. The van der Waals surface area contributed by atoms with Crippen molar-refractivity contribution in [2.75, 3.05) is 33.4 Å². The summed E-state index contributed by atoms with van der Waals surface area (Å²) in [5.41, 5.74) is 0.241. The zero-order valence-corrected chi connectivity index (χ0v) is 15.2. The maximum atomic E-state index is 11.6. The van der Waals surface area contributed by atoms with Gasteiger partial charge in [-0.3, -0.25) is 4.79 Å². The lowest BCUT2D eigenvalue weighted by molar-refractivity contribution is -0.150. The van der Waals surface area contributed by atoms with Crippen LogP contribution >= 0.6 is 0 Å². The van der Waals surface area contributed by atoms with Crippen molar-refractivity contribution >= 4 is 20.6 Å². The molecule has 1 unspecified atom stereocenters. The standard InChI is InChI=1S/C15H27NO6Si/c1-12(2)15(19)22-11-13(17)10-21-14(18)6-8-16(3)7-5-9-23(4)20/h13,17H,1,5-11H2,2-4H3. The Morgan fingerprint density at radius 3 is 2.43 bits per heavy atom. The lowest BCUT2D eigenvalue weighted by atomic mass is 10.3. The van der Waals surface area contributed by atoms with E-state index in [2.05, 4.69) is 6.58 Å². The Balaban J connectivity index is 3.75. The fourth-order valence-electron chi connectivity index (χ4n) is 1.60. The van der Waals surface area contributed by atoms with Crippen LogP contribution in [-0.2, 0) is 23.5 Å². The average molecular weight is 345 g/mol. The van der Waals surface area contributed by atoms with Crippen LogP contribution in [0.25, 0.3) is 0 Å². The first kappa shape index (κ1) is 21.6. The predicted molar refractivity (Wildman–Crippen MR) is 86.6 cm³/mol. The quantitative estimate of drug-likeness (QED) is 0.317. The molecule has 0 aliphatic heterocycles. The van der Waals surface area contributed by atoms with E-state index in [1.807, 2.05) is 11.9 Å². The SMILES string of the molecule is C=C(C)C(=O)OCC(O)COC(=O)CCN(C)CCC[Si](C)=O. The highest BCUT2D eigenvalue weighted by Gasteiger charge is 2.13. The Hall–Kier alpha value is -1.38. The summed E-state index contributed by atoms with van der Waals surface area (Å²) < 4.78 is 20.7. The van der Waals surface area contributed by atoms with Gasteiger partial charge in [-0.2, -0.15) is 0 Å². The van der Waals surface area contributed by atoms with E-state index in [0.717, 1.165) is 13.0 Å². The number of aliphatic hydroxyl groups is 1. The van der Waals surface area contributed by atoms with Crippen molar-refractivity contribution in [1.29, 1.82) is 0 Å². The molecule has 7 nitrogen and oxygen atoms in total. The van der Waals surface area contributed by atoms with Gasteiger partial charge in [-0.15, -0.1) is 0 Å². The monoisotopic (exact) mass is 345 g/mol. The van der Waals surface area contributed by atoms with Gasteiger partial charge in [0.05, 0.1) is 6.42 Å². The average Bonchev–Trinajstić information content (AvgIpc) is 2.47. The van der Waals surface area contributed by atoms with E-state index in [9.17, 15) is 19.2 Å². The molecule has 0 aromatic heterocycles. The van der Waals surface area contributed by atoms with E-state index in [1.165, 1.54) is 6.92 Å². The molecule has 0 saturated carbocycles. The van der Waals surface area contributed by atoms with Crippen LogP contribution in [0.5, 0.6) is 0 Å². The number of aliphatic hydroxyl groups excluding tert-OH is 1. The Morgan fingerprint density at radius 1 is 1.26 bits per heavy atom. The second kappa shape index (κ2) is 12.1. The lowest BCUT2D eigenvalue weighted by Gasteiger charge is -2.16. The van der Waals surface area contributed by atoms with E-state index in [-0.39, 0.29) is 25.2 Å². The second-order valence-electron chi connectivity index (χ2n) is 5.57. The maximum absolute atomic E-state index is 11.6. The van der Waals surface area contributed by atoms with E-state index in [1.54, 1.807) is 6.55 Å². The van der Waals surface area contributed by atoms with Crippen molar-refractivity contribution in [2.24, 2.45) is 0 Å². The third-order valence-corrected chi connectivity index (χ3v) is 4.02. The molecule has 1 N–H and O–H groups in total. The third-order valence-electron chi connectivity index (χ3n) is 2.96. The van der Waals surface area contributed by atoms with Gasteiger partial charge in [-0.1, -0.05) is 6.58 Å². The summed E-state index contributed by atoms with van der Waals surface area (Å²) in [5, 5.41) is 9.55. The molecule has 0 heterocycles. The van der Waals surface area contributed by atoms with Gasteiger partial charge in [0.15, 0.2) is 0 Å². The topological polar surface area (TPSA) is 93.1 Å². The fraction of sp³-hybridized carbons (Fsp3) is 0.733. The van der Waals surface area contributed by atoms with Crippen LogP contribution in [0.4, 0.5) is 0 Å². The van der Waals surface area contributed by atoms with Gasteiger partial charge in [-0.05, 0) is 39.5 Å². The van der Waals surface area contributed by atoms with Gasteiger partial charge < -0.3 is 23.9 Å². The molecule has 1 atom stereocenters. The fourth-order valence-corrected chi connectivity index (χ4v) is 2.25. The molecule has 0 fully saturated rings. The number of hydrogen-bond acceptors (Lipinski definition) is 7. The van der Waals surface area contributed by atoms with Crippen molar-refractivity contribution in [1.82, 2.24) is 4.90 Å². The van der Waals surface area contributed by atoms with Crippen LogP contribution in [0, 0.1) is 0 Å². The molecule has 8 heteroatoms. The zero-order chi connectivity index (χ0) is 17.8. The summed E-state index contributed by atoms with van der Waals surface area (Å²) in [6.07, 6.45) is -0.00918. The summed E-state index contributed by atoms with van der Waals surface area (Å²) in [5.74, 6) is -1.02. The van der Waals surface area contributed by atoms with E-state index < -0.39 is 26.7 Å². The molecule has 0 aliphatic rings. The van der Waals surface area contributed by atoms with Crippen molar-refractivity contribution < 1.29 is 28.6 Å². The van der Waals surface area contributed by atoms with Gasteiger partial charge in [-0.25, -0.2) is 4.79 Å². The Morgan fingerprint density at radius 2 is 1.87 bits per heavy atom.